The number of piperidine rings is 1. The van der Waals surface area contributed by atoms with E-state index < -0.39 is 39.3 Å². The van der Waals surface area contributed by atoms with Gasteiger partial charge in [-0.3, -0.25) is 9.59 Å². The number of rotatable bonds is 11. The first-order valence-corrected chi connectivity index (χ1v) is 15.7. The number of amides is 2. The number of sulfonamides is 1. The first-order valence-electron chi connectivity index (χ1n) is 14.1. The molecule has 234 valence electrons. The van der Waals surface area contributed by atoms with E-state index >= 15 is 4.39 Å². The molecule has 3 unspecified atom stereocenters. The van der Waals surface area contributed by atoms with Gasteiger partial charge in [-0.05, 0) is 73.5 Å². The lowest BCUT2D eigenvalue weighted by Gasteiger charge is -2.33. The van der Waals surface area contributed by atoms with Crippen molar-refractivity contribution in [1.29, 1.82) is 0 Å². The highest BCUT2D eigenvalue weighted by Crippen LogP contribution is 2.34. The van der Waals surface area contributed by atoms with Gasteiger partial charge in [-0.2, -0.15) is 13.2 Å². The number of alkyl halides is 4. The molecule has 13 heteroatoms. The van der Waals surface area contributed by atoms with Crippen molar-refractivity contribution in [3.05, 3.63) is 82.8 Å². The van der Waals surface area contributed by atoms with E-state index in [1.54, 1.807) is 29.2 Å². The number of carbonyl (C=O) groups excluding carboxylic acids is 2. The maximum atomic E-state index is 15.7. The van der Waals surface area contributed by atoms with E-state index in [0.29, 0.717) is 55.6 Å². The molecule has 0 saturated carbocycles. The Kier molecular flexibility index (Phi) is 10.3. The lowest BCUT2D eigenvalue weighted by molar-refractivity contribution is -0.137. The minimum atomic E-state index is -4.47. The number of likely N-dealkylation sites (tertiary alicyclic amines) is 1. The van der Waals surface area contributed by atoms with Crippen molar-refractivity contribution in [2.45, 2.75) is 50.0 Å². The standard InChI is InChI=1S/C30H36F4N4O4S/c1-2-43(41,42)37-18-22-12-15-38(19-22)28(40)24-8-6-23(7-9-24)26(16-29(31)13-3-14-35-20-29)27(39)36-17-21-4-10-25(11-5-21)30(32,33)34/h2,4-11,22,26,35,37H,1,3,12-20H2,(H,36,39). The Morgan fingerprint density at radius 3 is 2.44 bits per heavy atom. The monoisotopic (exact) mass is 624 g/mol. The van der Waals surface area contributed by atoms with Gasteiger partial charge in [0.25, 0.3) is 5.91 Å². The van der Waals surface area contributed by atoms with Gasteiger partial charge in [0.05, 0.1) is 11.5 Å². The van der Waals surface area contributed by atoms with Crippen LogP contribution in [-0.4, -0.2) is 63.5 Å². The zero-order chi connectivity index (χ0) is 31.3. The number of nitrogens with zero attached hydrogens (tertiary/aromatic N) is 1. The van der Waals surface area contributed by atoms with Crippen molar-refractivity contribution in [2.75, 3.05) is 32.7 Å². The fraction of sp³-hybridized carbons (Fsp3) is 0.467. The highest BCUT2D eigenvalue weighted by molar-refractivity contribution is 7.92. The average molecular weight is 625 g/mol. The SMILES string of the molecule is C=CS(=O)(=O)NCC1CCN(C(=O)c2ccc(C(CC3(F)CCCNC3)C(=O)NCc3ccc(C(F)(F)F)cc3)cc2)C1. The molecule has 43 heavy (non-hydrogen) atoms. The molecule has 2 heterocycles. The highest BCUT2D eigenvalue weighted by Gasteiger charge is 2.38. The van der Waals surface area contributed by atoms with E-state index in [9.17, 15) is 31.2 Å². The van der Waals surface area contributed by atoms with Gasteiger partial charge < -0.3 is 15.5 Å². The van der Waals surface area contributed by atoms with E-state index in [2.05, 4.69) is 21.9 Å². The second-order valence-electron chi connectivity index (χ2n) is 11.2. The van der Waals surface area contributed by atoms with Crippen LogP contribution in [0, 0.1) is 5.92 Å². The predicted octanol–water partition coefficient (Wildman–Crippen LogP) is 4.11. The molecule has 3 atom stereocenters. The zero-order valence-corrected chi connectivity index (χ0v) is 24.4. The molecule has 0 bridgehead atoms. The van der Waals surface area contributed by atoms with Crippen molar-refractivity contribution < 1.29 is 35.6 Å². The summed E-state index contributed by atoms with van der Waals surface area (Å²) in [6.45, 7) is 5.07. The third-order valence-electron chi connectivity index (χ3n) is 7.98. The number of hydrogen-bond donors (Lipinski definition) is 3. The van der Waals surface area contributed by atoms with Crippen molar-refractivity contribution >= 4 is 21.8 Å². The van der Waals surface area contributed by atoms with E-state index in [1.807, 2.05) is 0 Å². The van der Waals surface area contributed by atoms with E-state index in [4.69, 9.17) is 0 Å². The Morgan fingerprint density at radius 1 is 1.14 bits per heavy atom. The molecule has 0 aromatic heterocycles. The average Bonchev–Trinajstić information content (AvgIpc) is 3.47. The van der Waals surface area contributed by atoms with Gasteiger partial charge in [-0.15, -0.1) is 0 Å². The molecule has 0 aliphatic carbocycles. The smallest absolute Gasteiger partial charge is 0.351 e. The number of carbonyl (C=O) groups is 2. The molecule has 3 N–H and O–H groups in total. The summed E-state index contributed by atoms with van der Waals surface area (Å²) in [6, 6.07) is 10.9. The Bertz CT molecular complexity index is 1390. The summed E-state index contributed by atoms with van der Waals surface area (Å²) in [4.78, 5) is 28.1. The van der Waals surface area contributed by atoms with E-state index in [0.717, 1.165) is 17.5 Å². The fourth-order valence-corrected chi connectivity index (χ4v) is 6.06. The lowest BCUT2D eigenvalue weighted by Crippen LogP contribution is -2.45. The second-order valence-corrected chi connectivity index (χ2v) is 12.9. The van der Waals surface area contributed by atoms with Crippen LogP contribution in [0.1, 0.15) is 58.6 Å². The maximum Gasteiger partial charge on any atom is 0.416 e. The summed E-state index contributed by atoms with van der Waals surface area (Å²) in [5.41, 5.74) is -1.05. The van der Waals surface area contributed by atoms with E-state index in [1.165, 1.54) is 12.1 Å². The lowest BCUT2D eigenvalue weighted by atomic mass is 9.82. The van der Waals surface area contributed by atoms with Gasteiger partial charge in [0, 0.05) is 43.7 Å². The Morgan fingerprint density at radius 2 is 1.84 bits per heavy atom. The minimum absolute atomic E-state index is 0.0271. The van der Waals surface area contributed by atoms with Crippen LogP contribution in [0.15, 0.2) is 60.5 Å². The number of hydrogen-bond acceptors (Lipinski definition) is 5. The molecule has 8 nitrogen and oxygen atoms in total. The van der Waals surface area contributed by atoms with Crippen molar-refractivity contribution in [2.24, 2.45) is 5.92 Å². The van der Waals surface area contributed by atoms with Gasteiger partial charge in [0.15, 0.2) is 0 Å². The summed E-state index contributed by atoms with van der Waals surface area (Å²) in [5.74, 6) is -1.63. The molecular weight excluding hydrogens is 588 g/mol. The van der Waals surface area contributed by atoms with Crippen molar-refractivity contribution in [1.82, 2.24) is 20.3 Å². The van der Waals surface area contributed by atoms with Crippen molar-refractivity contribution in [3.8, 4) is 0 Å². The van der Waals surface area contributed by atoms with Crippen LogP contribution in [0.3, 0.4) is 0 Å². The summed E-state index contributed by atoms with van der Waals surface area (Å²) < 4.78 is 80.1. The summed E-state index contributed by atoms with van der Waals surface area (Å²) in [7, 11) is -3.55. The van der Waals surface area contributed by atoms with Crippen LogP contribution in [0.4, 0.5) is 17.6 Å². The van der Waals surface area contributed by atoms with Gasteiger partial charge in [0.1, 0.15) is 5.67 Å². The van der Waals surface area contributed by atoms with Gasteiger partial charge in [-0.25, -0.2) is 17.5 Å². The summed E-state index contributed by atoms with van der Waals surface area (Å²) in [5, 5.41) is 6.61. The summed E-state index contributed by atoms with van der Waals surface area (Å²) in [6.07, 6.45) is -3.02. The minimum Gasteiger partial charge on any atom is -0.351 e. The number of benzene rings is 2. The van der Waals surface area contributed by atoms with Gasteiger partial charge in [-0.1, -0.05) is 30.8 Å². The molecular formula is C30H36F4N4O4S. The van der Waals surface area contributed by atoms with Crippen LogP contribution in [0.2, 0.25) is 0 Å². The quantitative estimate of drug-likeness (QED) is 0.327. The Hall–Kier alpha value is -3.29. The van der Waals surface area contributed by atoms with Gasteiger partial charge >= 0.3 is 6.18 Å². The van der Waals surface area contributed by atoms with Crippen LogP contribution < -0.4 is 15.4 Å². The van der Waals surface area contributed by atoms with E-state index in [-0.39, 0.29) is 37.9 Å². The second kappa shape index (κ2) is 13.6. The molecule has 2 aliphatic rings. The van der Waals surface area contributed by atoms with Crippen LogP contribution in [0.25, 0.3) is 0 Å². The first kappa shape index (κ1) is 32.6. The summed E-state index contributed by atoms with van der Waals surface area (Å²) >= 11 is 0. The highest BCUT2D eigenvalue weighted by atomic mass is 32.2. The zero-order valence-electron chi connectivity index (χ0n) is 23.6. The number of nitrogens with one attached hydrogen (secondary N) is 3. The number of halogens is 4. The molecule has 4 rings (SSSR count). The normalized spacial score (nSPS) is 21.8. The molecule has 2 fully saturated rings. The van der Waals surface area contributed by atoms with Crippen LogP contribution in [-0.2, 0) is 27.5 Å². The first-order chi connectivity index (χ1) is 20.3. The predicted molar refractivity (Wildman–Crippen MR) is 154 cm³/mol. The largest absolute Gasteiger partial charge is 0.416 e. The van der Waals surface area contributed by atoms with Crippen molar-refractivity contribution in [3.63, 3.8) is 0 Å². The molecule has 2 aromatic rings. The Labute approximate surface area is 249 Å². The molecule has 2 aromatic carbocycles. The molecule has 0 spiro atoms. The fourth-order valence-electron chi connectivity index (χ4n) is 5.47. The van der Waals surface area contributed by atoms with Gasteiger partial charge in [0.2, 0.25) is 15.9 Å². The molecule has 2 saturated heterocycles. The molecule has 2 amide bonds. The molecule has 0 radical (unpaired) electrons. The van der Waals surface area contributed by atoms with Crippen LogP contribution >= 0.6 is 0 Å². The van der Waals surface area contributed by atoms with Crippen LogP contribution in [0.5, 0.6) is 0 Å². The molecule has 2 aliphatic heterocycles. The topological polar surface area (TPSA) is 108 Å². The third kappa shape index (κ3) is 8.87. The third-order valence-corrected chi connectivity index (χ3v) is 8.99. The maximum absolute atomic E-state index is 15.7. The Balaban J connectivity index is 1.44.